The average molecular weight is 355 g/mol. The van der Waals surface area contributed by atoms with E-state index in [0.29, 0.717) is 21.6 Å². The molecule has 0 radical (unpaired) electrons. The quantitative estimate of drug-likeness (QED) is 0.114. The third kappa shape index (κ3) is 2.50. The largest absolute Gasteiger partial charge is 0.409 e. The Bertz CT molecular complexity index is 781. The first-order valence-corrected chi connectivity index (χ1v) is 8.25. The zero-order chi connectivity index (χ0) is 17.4. The van der Waals surface area contributed by atoms with Crippen LogP contribution in [0.25, 0.3) is 11.0 Å². The molecule has 24 heavy (non-hydrogen) atoms. The first-order valence-electron chi connectivity index (χ1n) is 7.03. The molecular formula is C13H17N5O5S. The fourth-order valence-corrected chi connectivity index (χ4v) is 3.32. The Kier molecular flexibility index (Phi) is 4.60. The van der Waals surface area contributed by atoms with Gasteiger partial charge in [0.2, 0.25) is 0 Å². The molecule has 130 valence electrons. The average Bonchev–Trinajstić information content (AvgIpc) is 3.12. The number of aliphatic hydroxyl groups excluding tert-OH is 3. The van der Waals surface area contributed by atoms with E-state index in [-0.39, 0.29) is 5.84 Å². The number of rotatable bonds is 4. The fraction of sp³-hybridized carbons (Fsp3) is 0.462. The van der Waals surface area contributed by atoms with E-state index in [9.17, 15) is 15.3 Å². The van der Waals surface area contributed by atoms with Gasteiger partial charge in [-0.3, -0.25) is 0 Å². The van der Waals surface area contributed by atoms with Gasteiger partial charge in [0.1, 0.15) is 35.3 Å². The van der Waals surface area contributed by atoms with Crippen molar-refractivity contribution in [3.63, 3.8) is 0 Å². The molecule has 10 nitrogen and oxygen atoms in total. The lowest BCUT2D eigenvalue weighted by atomic mass is 10.1. The van der Waals surface area contributed by atoms with Crippen LogP contribution in [0.4, 0.5) is 0 Å². The number of aliphatic hydroxyl groups is 3. The standard InChI is InChI=1S/C13H17N5O5S/c1-24-12-7-5(10(14)17-22)2-18(11(7)15-4-16-12)13-9(21)8(20)6(3-19)23-13/h2,4,6,8-9,13,19-22H,3H2,1H3,(H2,14,17)/t6-,8-,9-,13-/m1/s1. The number of nitrogens with two attached hydrogens (primary N) is 1. The number of fused-ring (bicyclic) bond motifs is 1. The SMILES string of the molecule is CSc1ncnc2c1c(/C(N)=N\O)cn2[C@@H]1O[C@H](CO)[C@@H](O)[C@H]1O. The van der Waals surface area contributed by atoms with Crippen LogP contribution < -0.4 is 5.73 Å². The smallest absolute Gasteiger partial charge is 0.172 e. The molecule has 6 N–H and O–H groups in total. The molecule has 0 aliphatic carbocycles. The number of oxime groups is 1. The Morgan fingerprint density at radius 2 is 2.17 bits per heavy atom. The second-order valence-corrected chi connectivity index (χ2v) is 6.04. The topological polar surface area (TPSA) is 159 Å². The normalized spacial score (nSPS) is 27.9. The van der Waals surface area contributed by atoms with Crippen LogP contribution in [0.5, 0.6) is 0 Å². The molecule has 4 atom stereocenters. The van der Waals surface area contributed by atoms with Crippen molar-refractivity contribution in [3.8, 4) is 0 Å². The van der Waals surface area contributed by atoms with Gasteiger partial charge in [0, 0.05) is 6.20 Å². The van der Waals surface area contributed by atoms with Gasteiger partial charge < -0.3 is 35.6 Å². The van der Waals surface area contributed by atoms with E-state index in [0.717, 1.165) is 0 Å². The highest BCUT2D eigenvalue weighted by molar-refractivity contribution is 7.98. The molecule has 3 heterocycles. The lowest BCUT2D eigenvalue weighted by molar-refractivity contribution is -0.0508. The lowest BCUT2D eigenvalue weighted by Gasteiger charge is -2.17. The van der Waals surface area contributed by atoms with Crippen molar-refractivity contribution >= 4 is 28.6 Å². The van der Waals surface area contributed by atoms with E-state index in [1.165, 1.54) is 28.9 Å². The number of amidine groups is 1. The van der Waals surface area contributed by atoms with Crippen molar-refractivity contribution in [1.29, 1.82) is 0 Å². The van der Waals surface area contributed by atoms with Gasteiger partial charge in [-0.2, -0.15) is 0 Å². The van der Waals surface area contributed by atoms with E-state index in [4.69, 9.17) is 15.7 Å². The van der Waals surface area contributed by atoms with Crippen LogP contribution in [0.15, 0.2) is 22.7 Å². The summed E-state index contributed by atoms with van der Waals surface area (Å²) < 4.78 is 7.01. The first kappa shape index (κ1) is 16.9. The number of ether oxygens (including phenoxy) is 1. The molecule has 0 unspecified atom stereocenters. The van der Waals surface area contributed by atoms with Crippen LogP contribution in [-0.4, -0.2) is 72.1 Å². The maximum Gasteiger partial charge on any atom is 0.172 e. The second kappa shape index (κ2) is 6.53. The van der Waals surface area contributed by atoms with Crippen molar-refractivity contribution in [3.05, 3.63) is 18.1 Å². The van der Waals surface area contributed by atoms with Crippen molar-refractivity contribution in [2.24, 2.45) is 10.9 Å². The molecule has 1 aliphatic heterocycles. The Morgan fingerprint density at radius 1 is 1.42 bits per heavy atom. The van der Waals surface area contributed by atoms with Gasteiger partial charge in [0.25, 0.3) is 0 Å². The van der Waals surface area contributed by atoms with Crippen LogP contribution in [0, 0.1) is 0 Å². The molecule has 0 bridgehead atoms. The van der Waals surface area contributed by atoms with E-state index in [1.54, 1.807) is 0 Å². The minimum Gasteiger partial charge on any atom is -0.409 e. The first-order chi connectivity index (χ1) is 11.5. The summed E-state index contributed by atoms with van der Waals surface area (Å²) in [4.78, 5) is 8.35. The summed E-state index contributed by atoms with van der Waals surface area (Å²) in [6.45, 7) is -0.438. The Balaban J connectivity index is 2.20. The van der Waals surface area contributed by atoms with E-state index in [1.807, 2.05) is 6.26 Å². The maximum absolute atomic E-state index is 10.2. The number of hydrogen-bond donors (Lipinski definition) is 5. The molecular weight excluding hydrogens is 338 g/mol. The predicted molar refractivity (Wildman–Crippen MR) is 84.8 cm³/mol. The lowest BCUT2D eigenvalue weighted by Crippen LogP contribution is -2.33. The summed E-state index contributed by atoms with van der Waals surface area (Å²) in [7, 11) is 0. The molecule has 0 amide bonds. The van der Waals surface area contributed by atoms with Crippen LogP contribution in [0.3, 0.4) is 0 Å². The molecule has 0 spiro atoms. The molecule has 1 fully saturated rings. The fourth-order valence-electron chi connectivity index (χ4n) is 2.76. The van der Waals surface area contributed by atoms with Gasteiger partial charge in [-0.15, -0.1) is 11.8 Å². The summed E-state index contributed by atoms with van der Waals surface area (Å²) in [5.74, 6) is -0.143. The highest BCUT2D eigenvalue weighted by Gasteiger charge is 2.44. The van der Waals surface area contributed by atoms with Crippen molar-refractivity contribution in [1.82, 2.24) is 14.5 Å². The van der Waals surface area contributed by atoms with Crippen LogP contribution in [-0.2, 0) is 4.74 Å². The van der Waals surface area contributed by atoms with E-state index in [2.05, 4.69) is 15.1 Å². The van der Waals surface area contributed by atoms with Gasteiger partial charge in [0.15, 0.2) is 12.1 Å². The van der Waals surface area contributed by atoms with Gasteiger partial charge in [-0.25, -0.2) is 9.97 Å². The number of aromatic nitrogens is 3. The van der Waals surface area contributed by atoms with E-state index < -0.39 is 31.1 Å². The van der Waals surface area contributed by atoms with Crippen molar-refractivity contribution in [2.75, 3.05) is 12.9 Å². The monoisotopic (exact) mass is 355 g/mol. The number of hydrogen-bond acceptors (Lipinski definition) is 9. The predicted octanol–water partition coefficient (Wildman–Crippen LogP) is -1.14. The number of thioether (sulfide) groups is 1. The van der Waals surface area contributed by atoms with Gasteiger partial charge in [0.05, 0.1) is 17.6 Å². The maximum atomic E-state index is 10.2. The third-order valence-corrected chi connectivity index (χ3v) is 4.64. The Labute approximate surface area is 140 Å². The van der Waals surface area contributed by atoms with Gasteiger partial charge in [-0.1, -0.05) is 5.16 Å². The molecule has 1 saturated heterocycles. The summed E-state index contributed by atoms with van der Waals surface area (Å²) in [6.07, 6.45) is 0.260. The van der Waals surface area contributed by atoms with Gasteiger partial charge >= 0.3 is 0 Å². The molecule has 3 rings (SSSR count). The third-order valence-electron chi connectivity index (χ3n) is 3.94. The molecule has 0 aromatic carbocycles. The number of nitrogens with zero attached hydrogens (tertiary/aromatic N) is 4. The van der Waals surface area contributed by atoms with Crippen LogP contribution in [0.1, 0.15) is 11.8 Å². The van der Waals surface area contributed by atoms with Gasteiger partial charge in [-0.05, 0) is 6.26 Å². The highest BCUT2D eigenvalue weighted by Crippen LogP contribution is 2.35. The molecule has 11 heteroatoms. The Hall–Kier alpha value is -1.92. The summed E-state index contributed by atoms with van der Waals surface area (Å²) >= 11 is 1.35. The highest BCUT2D eigenvalue weighted by atomic mass is 32.2. The van der Waals surface area contributed by atoms with E-state index >= 15 is 0 Å². The minimum absolute atomic E-state index is 0.143. The Morgan fingerprint density at radius 3 is 2.75 bits per heavy atom. The molecule has 1 aliphatic rings. The summed E-state index contributed by atoms with van der Waals surface area (Å²) in [6, 6.07) is 0. The zero-order valence-electron chi connectivity index (χ0n) is 12.6. The van der Waals surface area contributed by atoms with Crippen molar-refractivity contribution < 1.29 is 25.3 Å². The summed E-state index contributed by atoms with van der Waals surface area (Å²) in [5.41, 5.74) is 6.51. The molecule has 0 saturated carbocycles. The van der Waals surface area contributed by atoms with Crippen LogP contribution >= 0.6 is 11.8 Å². The summed E-state index contributed by atoms with van der Waals surface area (Å²) in [5, 5.41) is 42.6. The molecule has 2 aromatic rings. The minimum atomic E-state index is -1.27. The molecule has 2 aromatic heterocycles. The van der Waals surface area contributed by atoms with Crippen LogP contribution in [0.2, 0.25) is 0 Å². The second-order valence-electron chi connectivity index (χ2n) is 5.25. The van der Waals surface area contributed by atoms with Crippen molar-refractivity contribution in [2.45, 2.75) is 29.6 Å². The zero-order valence-corrected chi connectivity index (χ0v) is 13.5.